The molecule has 0 amide bonds. The van der Waals surface area contributed by atoms with Gasteiger partial charge in [0.05, 0.1) is 5.71 Å². The summed E-state index contributed by atoms with van der Waals surface area (Å²) < 4.78 is 18.8. The van der Waals surface area contributed by atoms with E-state index < -0.39 is 6.17 Å². The second kappa shape index (κ2) is 7.95. The number of rotatable bonds is 4. The fraction of sp³-hybridized carbons (Fsp3) is 0.0833. The summed E-state index contributed by atoms with van der Waals surface area (Å²) in [5.41, 5.74) is 4.04. The second-order valence-corrected chi connectivity index (χ2v) is 7.11. The van der Waals surface area contributed by atoms with Gasteiger partial charge in [-0.05, 0) is 29.8 Å². The van der Waals surface area contributed by atoms with Crippen LogP contribution in [0.1, 0.15) is 16.7 Å². The van der Waals surface area contributed by atoms with Crippen molar-refractivity contribution in [3.63, 3.8) is 0 Å². The van der Waals surface area contributed by atoms with Crippen molar-refractivity contribution in [3.05, 3.63) is 101 Å². The van der Waals surface area contributed by atoms with E-state index in [4.69, 9.17) is 9.41 Å². The molecule has 0 saturated carbocycles. The van der Waals surface area contributed by atoms with Gasteiger partial charge in [0, 0.05) is 23.1 Å². The monoisotopic (exact) mass is 412 g/mol. The Morgan fingerprint density at radius 2 is 1.61 bits per heavy atom. The minimum absolute atomic E-state index is 0.0693. The van der Waals surface area contributed by atoms with Crippen molar-refractivity contribution in [2.24, 2.45) is 4.99 Å². The summed E-state index contributed by atoms with van der Waals surface area (Å²) in [7, 11) is 0. The molecule has 0 saturated heterocycles. The molecular formula is C24H17FN4O2. The minimum Gasteiger partial charge on any atom is -0.403 e. The predicted molar refractivity (Wildman–Crippen MR) is 114 cm³/mol. The zero-order valence-electron chi connectivity index (χ0n) is 16.3. The van der Waals surface area contributed by atoms with Crippen LogP contribution in [-0.4, -0.2) is 27.9 Å². The van der Waals surface area contributed by atoms with Crippen molar-refractivity contribution >= 4 is 17.5 Å². The molecule has 0 spiro atoms. The summed E-state index contributed by atoms with van der Waals surface area (Å²) in [6.45, 7) is 0. The fourth-order valence-electron chi connectivity index (χ4n) is 3.51. The number of carbonyl (C=O) groups is 1. The zero-order valence-corrected chi connectivity index (χ0v) is 16.3. The number of hydrogen-bond acceptors (Lipinski definition) is 6. The van der Waals surface area contributed by atoms with Gasteiger partial charge in [0.25, 0.3) is 0 Å². The number of benzene rings is 3. The molecule has 1 aliphatic rings. The summed E-state index contributed by atoms with van der Waals surface area (Å²) in [4.78, 5) is 17.7. The van der Waals surface area contributed by atoms with Crippen molar-refractivity contribution < 1.29 is 13.6 Å². The molecule has 1 aliphatic heterocycles. The van der Waals surface area contributed by atoms with Crippen LogP contribution >= 0.6 is 0 Å². The van der Waals surface area contributed by atoms with Crippen LogP contribution in [0.2, 0.25) is 0 Å². The number of ketones is 1. The molecule has 5 rings (SSSR count). The van der Waals surface area contributed by atoms with E-state index in [-0.39, 0.29) is 29.9 Å². The quantitative estimate of drug-likeness (QED) is 0.541. The van der Waals surface area contributed by atoms with Gasteiger partial charge in [0.1, 0.15) is 5.82 Å². The number of Topliss-reactive ketones (excluding diaryl/α,β-unsaturated/α-hetero) is 1. The molecule has 0 aliphatic carbocycles. The lowest BCUT2D eigenvalue weighted by Crippen LogP contribution is -2.29. The van der Waals surface area contributed by atoms with Gasteiger partial charge in [-0.3, -0.25) is 9.79 Å². The molecule has 1 aromatic heterocycles. The molecule has 0 radical (unpaired) electrons. The lowest BCUT2D eigenvalue weighted by Gasteiger charge is -2.11. The van der Waals surface area contributed by atoms with Crippen molar-refractivity contribution in [1.29, 1.82) is 0 Å². The van der Waals surface area contributed by atoms with Crippen LogP contribution in [0.25, 0.3) is 11.5 Å². The van der Waals surface area contributed by atoms with Crippen molar-refractivity contribution in [3.8, 4) is 11.5 Å². The molecule has 4 aromatic rings. The van der Waals surface area contributed by atoms with Gasteiger partial charge >= 0.3 is 6.01 Å². The Morgan fingerprint density at radius 1 is 0.871 bits per heavy atom. The fourth-order valence-corrected chi connectivity index (χ4v) is 3.51. The Morgan fingerprint density at radius 3 is 2.42 bits per heavy atom. The van der Waals surface area contributed by atoms with E-state index >= 15 is 0 Å². The second-order valence-electron chi connectivity index (χ2n) is 7.11. The Kier molecular flexibility index (Phi) is 4.84. The van der Waals surface area contributed by atoms with Gasteiger partial charge in [-0.15, -0.1) is 5.10 Å². The Balaban J connectivity index is 1.49. The molecule has 3 aromatic carbocycles. The van der Waals surface area contributed by atoms with Crippen molar-refractivity contribution in [2.75, 3.05) is 5.32 Å². The van der Waals surface area contributed by atoms with Gasteiger partial charge in [0.15, 0.2) is 11.9 Å². The molecular weight excluding hydrogens is 395 g/mol. The lowest BCUT2D eigenvalue weighted by atomic mass is 9.96. The van der Waals surface area contributed by atoms with Gasteiger partial charge in [-0.25, -0.2) is 4.39 Å². The molecule has 0 bridgehead atoms. The van der Waals surface area contributed by atoms with Crippen molar-refractivity contribution in [1.82, 2.24) is 10.2 Å². The third-order valence-corrected chi connectivity index (χ3v) is 5.02. The van der Waals surface area contributed by atoms with Crippen LogP contribution in [0.15, 0.2) is 88.3 Å². The van der Waals surface area contributed by atoms with E-state index in [1.54, 1.807) is 12.1 Å². The Hall–Kier alpha value is -4.13. The molecule has 7 heteroatoms. The normalized spacial score (nSPS) is 15.7. The van der Waals surface area contributed by atoms with Crippen LogP contribution in [0, 0.1) is 5.82 Å². The first-order valence-corrected chi connectivity index (χ1v) is 9.77. The predicted octanol–water partition coefficient (Wildman–Crippen LogP) is 4.28. The van der Waals surface area contributed by atoms with E-state index in [0.717, 1.165) is 22.4 Å². The van der Waals surface area contributed by atoms with Crippen molar-refractivity contribution in [2.45, 2.75) is 12.6 Å². The largest absolute Gasteiger partial charge is 0.403 e. The summed E-state index contributed by atoms with van der Waals surface area (Å²) >= 11 is 0. The van der Waals surface area contributed by atoms with Crippen LogP contribution < -0.4 is 5.32 Å². The van der Waals surface area contributed by atoms with Gasteiger partial charge in [0.2, 0.25) is 5.89 Å². The molecule has 6 nitrogen and oxygen atoms in total. The number of aromatic nitrogens is 2. The standard InChI is InChI=1S/C24H17FN4O2/c25-18-12-10-16(11-13-18)23-28-29-24(31-23)27-22-20(30)14-17-8-4-5-9-19(17)21(26-22)15-6-2-1-3-7-15/h1-13,22H,14H2,(H,27,29)/t22-/m0/s1. The third kappa shape index (κ3) is 3.85. The maximum absolute atomic E-state index is 13.2. The molecule has 152 valence electrons. The molecule has 1 N–H and O–H groups in total. The number of nitrogens with one attached hydrogen (secondary N) is 1. The van der Waals surface area contributed by atoms with E-state index in [2.05, 4.69) is 15.5 Å². The highest BCUT2D eigenvalue weighted by molar-refractivity contribution is 6.16. The maximum atomic E-state index is 13.2. The highest BCUT2D eigenvalue weighted by Crippen LogP contribution is 2.24. The zero-order chi connectivity index (χ0) is 21.2. The highest BCUT2D eigenvalue weighted by atomic mass is 19.1. The SMILES string of the molecule is O=C1Cc2ccccc2C(c2ccccc2)=N[C@H]1Nc1nnc(-c2ccc(F)cc2)o1. The topological polar surface area (TPSA) is 80.4 Å². The third-order valence-electron chi connectivity index (χ3n) is 5.02. The lowest BCUT2D eigenvalue weighted by molar-refractivity contribution is -0.119. The van der Waals surface area contributed by atoms with Crippen LogP contribution in [-0.2, 0) is 11.2 Å². The average Bonchev–Trinajstić information content (AvgIpc) is 3.21. The number of aliphatic imine (C=N–C) groups is 1. The van der Waals surface area contributed by atoms with E-state index in [0.29, 0.717) is 5.56 Å². The first kappa shape index (κ1) is 18.9. The Bertz CT molecular complexity index is 1270. The number of fused-ring (bicyclic) bond motifs is 1. The van der Waals surface area contributed by atoms with Crippen LogP contribution in [0.4, 0.5) is 10.4 Å². The highest BCUT2D eigenvalue weighted by Gasteiger charge is 2.27. The number of halogens is 1. The molecule has 0 fully saturated rings. The van der Waals surface area contributed by atoms with Gasteiger partial charge in [-0.1, -0.05) is 59.7 Å². The first-order valence-electron chi connectivity index (χ1n) is 9.77. The van der Waals surface area contributed by atoms with E-state index in [1.807, 2.05) is 54.6 Å². The summed E-state index contributed by atoms with van der Waals surface area (Å²) in [6, 6.07) is 23.3. The first-order chi connectivity index (χ1) is 15.2. The number of hydrogen-bond donors (Lipinski definition) is 1. The summed E-state index contributed by atoms with van der Waals surface area (Å²) in [5, 5.41) is 10.9. The number of anilines is 1. The minimum atomic E-state index is -0.885. The van der Waals surface area contributed by atoms with Crippen LogP contribution in [0.3, 0.4) is 0 Å². The molecule has 0 unspecified atom stereocenters. The smallest absolute Gasteiger partial charge is 0.317 e. The average molecular weight is 412 g/mol. The number of carbonyl (C=O) groups excluding carboxylic acids is 1. The molecule has 2 heterocycles. The molecule has 1 atom stereocenters. The molecule has 31 heavy (non-hydrogen) atoms. The van der Waals surface area contributed by atoms with E-state index in [9.17, 15) is 9.18 Å². The van der Waals surface area contributed by atoms with Crippen LogP contribution in [0.5, 0.6) is 0 Å². The van der Waals surface area contributed by atoms with Gasteiger partial charge in [-0.2, -0.15) is 0 Å². The summed E-state index contributed by atoms with van der Waals surface area (Å²) in [6.07, 6.45) is -0.656. The number of nitrogens with zero attached hydrogens (tertiary/aromatic N) is 3. The summed E-state index contributed by atoms with van der Waals surface area (Å²) in [5.74, 6) is -0.243. The maximum Gasteiger partial charge on any atom is 0.317 e. The van der Waals surface area contributed by atoms with Gasteiger partial charge < -0.3 is 9.73 Å². The van der Waals surface area contributed by atoms with E-state index in [1.165, 1.54) is 12.1 Å². The Labute approximate surface area is 177 Å².